The molecule has 1 fully saturated rings. The lowest BCUT2D eigenvalue weighted by Crippen LogP contribution is -2.60. The molecule has 0 bridgehead atoms. The lowest BCUT2D eigenvalue weighted by Gasteiger charge is -2.39. The molecule has 0 amide bonds. The summed E-state index contributed by atoms with van der Waals surface area (Å²) in [5, 5.41) is 38.8. The first kappa shape index (κ1) is 18.6. The Morgan fingerprint density at radius 2 is 1.50 bits per heavy atom. The summed E-state index contributed by atoms with van der Waals surface area (Å²) in [6, 6.07) is 2.98. The molecule has 9 heteroatoms. The molecular formula is C15H22O9. The second kappa shape index (κ2) is 7.86. The van der Waals surface area contributed by atoms with Gasteiger partial charge in [0.1, 0.15) is 30.2 Å². The molecule has 24 heavy (non-hydrogen) atoms. The largest absolute Gasteiger partial charge is 0.493 e. The predicted molar refractivity (Wildman–Crippen MR) is 80.5 cm³/mol. The summed E-state index contributed by atoms with van der Waals surface area (Å²) in [6.45, 7) is -0.542. The number of rotatable bonds is 6. The maximum atomic E-state index is 10.0. The van der Waals surface area contributed by atoms with Crippen molar-refractivity contribution in [3.05, 3.63) is 12.1 Å². The van der Waals surface area contributed by atoms with E-state index in [1.54, 1.807) is 0 Å². The second-order valence-corrected chi connectivity index (χ2v) is 5.18. The lowest BCUT2D eigenvalue weighted by atomic mass is 9.99. The molecule has 0 saturated carbocycles. The standard InChI is InChI=1S/C15H22O9/c1-20-8-4-7(5-9(21-2)14(8)22-3)23-15-13(19)12(18)11(17)10(6-16)24-15/h4-5,10-13,15-19H,6H2,1-3H3/t10-,11-,12+,13-,15-/m0/s1. The van der Waals surface area contributed by atoms with E-state index < -0.39 is 37.3 Å². The van der Waals surface area contributed by atoms with Gasteiger partial charge in [0, 0.05) is 12.1 Å². The minimum atomic E-state index is -1.53. The summed E-state index contributed by atoms with van der Waals surface area (Å²) in [7, 11) is 4.34. The van der Waals surface area contributed by atoms with Gasteiger partial charge in [0.15, 0.2) is 11.5 Å². The molecule has 1 saturated heterocycles. The quantitative estimate of drug-likeness (QED) is 0.507. The van der Waals surface area contributed by atoms with Gasteiger partial charge in [-0.05, 0) is 0 Å². The van der Waals surface area contributed by atoms with Gasteiger partial charge < -0.3 is 44.1 Å². The van der Waals surface area contributed by atoms with Gasteiger partial charge in [-0.25, -0.2) is 0 Å². The molecule has 5 atom stereocenters. The zero-order chi connectivity index (χ0) is 17.9. The molecule has 9 nitrogen and oxygen atoms in total. The van der Waals surface area contributed by atoms with Gasteiger partial charge in [-0.3, -0.25) is 0 Å². The Bertz CT molecular complexity index is 523. The van der Waals surface area contributed by atoms with Crippen LogP contribution in [-0.4, -0.2) is 79.1 Å². The number of hydrogen-bond donors (Lipinski definition) is 4. The number of ether oxygens (including phenoxy) is 5. The Hall–Kier alpha value is -1.78. The molecule has 136 valence electrons. The number of hydrogen-bond acceptors (Lipinski definition) is 9. The summed E-state index contributed by atoms with van der Waals surface area (Å²) < 4.78 is 26.4. The highest BCUT2D eigenvalue weighted by Gasteiger charge is 2.44. The normalized spacial score (nSPS) is 29.9. The van der Waals surface area contributed by atoms with Crippen LogP contribution in [0, 0.1) is 0 Å². The van der Waals surface area contributed by atoms with Gasteiger partial charge in [0.25, 0.3) is 0 Å². The van der Waals surface area contributed by atoms with Crippen molar-refractivity contribution in [1.29, 1.82) is 0 Å². The highest BCUT2D eigenvalue weighted by molar-refractivity contribution is 5.55. The van der Waals surface area contributed by atoms with Gasteiger partial charge in [-0.15, -0.1) is 0 Å². The topological polar surface area (TPSA) is 127 Å². The highest BCUT2D eigenvalue weighted by Crippen LogP contribution is 2.41. The van der Waals surface area contributed by atoms with Crippen molar-refractivity contribution in [2.24, 2.45) is 0 Å². The molecule has 1 aromatic rings. The van der Waals surface area contributed by atoms with Crippen molar-refractivity contribution < 1.29 is 44.1 Å². The molecule has 2 rings (SSSR count). The van der Waals surface area contributed by atoms with Crippen LogP contribution in [0.15, 0.2) is 12.1 Å². The number of aliphatic hydroxyl groups is 4. The molecule has 4 N–H and O–H groups in total. The van der Waals surface area contributed by atoms with Gasteiger partial charge in [-0.2, -0.15) is 0 Å². The number of methoxy groups -OCH3 is 3. The lowest BCUT2D eigenvalue weighted by molar-refractivity contribution is -0.277. The first-order chi connectivity index (χ1) is 11.5. The van der Waals surface area contributed by atoms with Crippen LogP contribution in [0.25, 0.3) is 0 Å². The Balaban J connectivity index is 2.26. The smallest absolute Gasteiger partial charge is 0.229 e. The molecule has 1 heterocycles. The van der Waals surface area contributed by atoms with Crippen molar-refractivity contribution in [3.63, 3.8) is 0 Å². The Morgan fingerprint density at radius 3 is 1.96 bits per heavy atom. The van der Waals surface area contributed by atoms with E-state index in [0.717, 1.165) is 0 Å². The SMILES string of the molecule is COc1cc(O[C@H]2O[C@@H](CO)[C@H](O)[C@@H](O)[C@@H]2O)cc(OC)c1OC. The molecule has 0 unspecified atom stereocenters. The average molecular weight is 346 g/mol. The molecule has 1 aliphatic rings. The van der Waals surface area contributed by atoms with Crippen LogP contribution < -0.4 is 18.9 Å². The van der Waals surface area contributed by atoms with Crippen LogP contribution in [-0.2, 0) is 4.74 Å². The van der Waals surface area contributed by atoms with E-state index in [1.807, 2.05) is 0 Å². The monoisotopic (exact) mass is 346 g/mol. The molecule has 0 aliphatic carbocycles. The zero-order valence-electron chi connectivity index (χ0n) is 13.6. The van der Waals surface area contributed by atoms with E-state index in [0.29, 0.717) is 17.2 Å². The summed E-state index contributed by atoms with van der Waals surface area (Å²) >= 11 is 0. The number of aliphatic hydroxyl groups excluding tert-OH is 4. The van der Waals surface area contributed by atoms with Crippen LogP contribution in [0.4, 0.5) is 0 Å². The van der Waals surface area contributed by atoms with Crippen LogP contribution in [0.5, 0.6) is 23.0 Å². The minimum Gasteiger partial charge on any atom is -0.493 e. The summed E-state index contributed by atoms with van der Waals surface area (Å²) in [4.78, 5) is 0. The van der Waals surface area contributed by atoms with Gasteiger partial charge in [-0.1, -0.05) is 0 Å². The molecule has 1 aromatic carbocycles. The van der Waals surface area contributed by atoms with Crippen molar-refractivity contribution in [1.82, 2.24) is 0 Å². The van der Waals surface area contributed by atoms with Crippen LogP contribution in [0.3, 0.4) is 0 Å². The molecule has 1 aliphatic heterocycles. The molecular weight excluding hydrogens is 324 g/mol. The first-order valence-electron chi connectivity index (χ1n) is 7.24. The van der Waals surface area contributed by atoms with E-state index in [1.165, 1.54) is 33.5 Å². The fourth-order valence-corrected chi connectivity index (χ4v) is 2.42. The van der Waals surface area contributed by atoms with E-state index in [4.69, 9.17) is 23.7 Å². The zero-order valence-corrected chi connectivity index (χ0v) is 13.6. The third-order valence-corrected chi connectivity index (χ3v) is 3.74. The third-order valence-electron chi connectivity index (χ3n) is 3.74. The van der Waals surface area contributed by atoms with Gasteiger partial charge >= 0.3 is 0 Å². The molecule has 0 radical (unpaired) electrons. The Kier molecular flexibility index (Phi) is 6.08. The van der Waals surface area contributed by atoms with E-state index >= 15 is 0 Å². The van der Waals surface area contributed by atoms with E-state index in [9.17, 15) is 20.4 Å². The Labute approximate surface area is 138 Å². The predicted octanol–water partition coefficient (Wildman–Crippen LogP) is -1.11. The van der Waals surface area contributed by atoms with Gasteiger partial charge in [0.05, 0.1) is 27.9 Å². The molecule has 0 spiro atoms. The van der Waals surface area contributed by atoms with Crippen LogP contribution in [0.2, 0.25) is 0 Å². The summed E-state index contributed by atoms with van der Waals surface area (Å²) in [6.07, 6.45) is -6.85. The van der Waals surface area contributed by atoms with Crippen molar-refractivity contribution >= 4 is 0 Å². The summed E-state index contributed by atoms with van der Waals surface area (Å²) in [5.74, 6) is 1.24. The van der Waals surface area contributed by atoms with E-state index in [2.05, 4.69) is 0 Å². The Morgan fingerprint density at radius 1 is 0.917 bits per heavy atom. The molecule has 0 aromatic heterocycles. The fourth-order valence-electron chi connectivity index (χ4n) is 2.42. The maximum Gasteiger partial charge on any atom is 0.229 e. The fraction of sp³-hybridized carbons (Fsp3) is 0.600. The highest BCUT2D eigenvalue weighted by atomic mass is 16.7. The van der Waals surface area contributed by atoms with Crippen molar-refractivity contribution in [2.75, 3.05) is 27.9 Å². The van der Waals surface area contributed by atoms with Crippen molar-refractivity contribution in [3.8, 4) is 23.0 Å². The summed E-state index contributed by atoms with van der Waals surface area (Å²) in [5.41, 5.74) is 0. The second-order valence-electron chi connectivity index (χ2n) is 5.18. The van der Waals surface area contributed by atoms with Crippen LogP contribution >= 0.6 is 0 Å². The number of benzene rings is 1. The van der Waals surface area contributed by atoms with Crippen LogP contribution in [0.1, 0.15) is 0 Å². The van der Waals surface area contributed by atoms with Crippen molar-refractivity contribution in [2.45, 2.75) is 30.7 Å². The first-order valence-corrected chi connectivity index (χ1v) is 7.24. The third kappa shape index (κ3) is 3.50. The van der Waals surface area contributed by atoms with Gasteiger partial charge in [0.2, 0.25) is 12.0 Å². The minimum absolute atomic E-state index is 0.217. The van der Waals surface area contributed by atoms with E-state index in [-0.39, 0.29) is 5.75 Å². The average Bonchev–Trinajstić information content (AvgIpc) is 2.61. The maximum absolute atomic E-state index is 10.0.